The van der Waals surface area contributed by atoms with E-state index in [0.717, 1.165) is 29.6 Å². The number of aromatic nitrogens is 1. The van der Waals surface area contributed by atoms with Gasteiger partial charge in [-0.25, -0.2) is 4.79 Å². The van der Waals surface area contributed by atoms with Crippen LogP contribution in [0.4, 0.5) is 4.79 Å². The quantitative estimate of drug-likeness (QED) is 0.0633. The number of Topliss-reactive ketones (excluding diaryl/α,β-unsaturated/α-hetero) is 2. The molecule has 1 aromatic carbocycles. The lowest BCUT2D eigenvalue weighted by Crippen LogP contribution is -2.59. The van der Waals surface area contributed by atoms with Crippen molar-refractivity contribution in [2.45, 2.75) is 129 Å². The molecule has 15 heteroatoms. The standard InChI is InChI=1S/C48H75N5O10/c1-12-39(61-46-43(56)38(52(9)10)26-31(5)60-46)32(6)42(55)33(7)45(57)62-40(13-2)48(8)44(51-47(58)63-48)36(29-49-22-23-53(11)14-3)41(54)30(4)21-25-59-24-17-18-34-27-35-19-15-16-20-37(35)50-28-34/h15-20,27-28,30-33,36,38-40,43-44,46,49,56H,12-14,21-26,29H2,1-11H3,(H,51,58). The number of cyclic esters (lactones) is 1. The molecule has 0 radical (unpaired) electrons. The van der Waals surface area contributed by atoms with E-state index in [1.54, 1.807) is 20.8 Å². The van der Waals surface area contributed by atoms with Crippen LogP contribution in [0.15, 0.2) is 42.6 Å². The molecular weight excluding hydrogens is 807 g/mol. The minimum absolute atomic E-state index is 0.0859. The highest BCUT2D eigenvalue weighted by molar-refractivity contribution is 6.00. The minimum Gasteiger partial charge on any atom is -0.458 e. The van der Waals surface area contributed by atoms with Crippen LogP contribution in [0.3, 0.4) is 0 Å². The number of aliphatic hydroxyl groups is 1. The van der Waals surface area contributed by atoms with Gasteiger partial charge in [0, 0.05) is 55.7 Å². The van der Waals surface area contributed by atoms with E-state index in [1.165, 1.54) is 6.92 Å². The number of benzene rings is 1. The van der Waals surface area contributed by atoms with E-state index >= 15 is 0 Å². The SMILES string of the molecule is CCC(OC1OC(C)CC(N(C)C)C1O)C(C)C(=O)C(C)C(=O)OC(CC)C1(C)OC(=O)NC1C(CNCCN(C)CC)C(=O)C(C)CCOCC=Cc1cnc2ccccc2c1. The third-order valence-corrected chi connectivity index (χ3v) is 12.9. The van der Waals surface area contributed by atoms with Crippen LogP contribution in [0, 0.1) is 23.7 Å². The molecule has 3 heterocycles. The molecule has 1 amide bonds. The summed E-state index contributed by atoms with van der Waals surface area (Å²) in [6, 6.07) is 8.96. The monoisotopic (exact) mass is 882 g/mol. The van der Waals surface area contributed by atoms with Crippen molar-refractivity contribution in [1.29, 1.82) is 0 Å². The van der Waals surface area contributed by atoms with Gasteiger partial charge in [-0.15, -0.1) is 0 Å². The van der Waals surface area contributed by atoms with Gasteiger partial charge in [-0.3, -0.25) is 19.4 Å². The zero-order valence-corrected chi connectivity index (χ0v) is 39.5. The predicted molar refractivity (Wildman–Crippen MR) is 243 cm³/mol. The van der Waals surface area contributed by atoms with Crippen LogP contribution in [-0.4, -0.2) is 152 Å². The first-order valence-electron chi connectivity index (χ1n) is 22.9. The third kappa shape index (κ3) is 13.8. The lowest BCUT2D eigenvalue weighted by atomic mass is 9.76. The Morgan fingerprint density at radius 2 is 1.83 bits per heavy atom. The number of alkyl carbamates (subject to hydrolysis) is 1. The molecule has 2 fully saturated rings. The van der Waals surface area contributed by atoms with Gasteiger partial charge in [0.2, 0.25) is 0 Å². The number of esters is 1. The lowest BCUT2D eigenvalue weighted by molar-refractivity contribution is -0.272. The third-order valence-electron chi connectivity index (χ3n) is 12.9. The second kappa shape index (κ2) is 24.5. The number of fused-ring (bicyclic) bond motifs is 1. The maximum Gasteiger partial charge on any atom is 0.408 e. The molecule has 15 nitrogen and oxygen atoms in total. The Bertz CT molecular complexity index is 1830. The number of nitrogens with zero attached hydrogens (tertiary/aromatic N) is 3. The Kier molecular flexibility index (Phi) is 20.1. The van der Waals surface area contributed by atoms with Crippen LogP contribution in [0.25, 0.3) is 17.0 Å². The maximum absolute atomic E-state index is 14.4. The van der Waals surface area contributed by atoms with Crippen LogP contribution >= 0.6 is 0 Å². The molecule has 4 rings (SSSR count). The molecule has 1 aromatic heterocycles. The first-order valence-corrected chi connectivity index (χ1v) is 22.9. The van der Waals surface area contributed by atoms with Crippen molar-refractivity contribution in [1.82, 2.24) is 25.4 Å². The molecule has 12 atom stereocenters. The Labute approximate surface area is 374 Å². The molecule has 0 aliphatic carbocycles. The molecule has 0 spiro atoms. The number of ketones is 2. The average Bonchev–Trinajstić information content (AvgIpc) is 3.58. The zero-order chi connectivity index (χ0) is 46.4. The van der Waals surface area contributed by atoms with Gasteiger partial charge in [0.1, 0.15) is 23.9 Å². The summed E-state index contributed by atoms with van der Waals surface area (Å²) in [5.74, 6) is -4.34. The topological polar surface area (TPSA) is 178 Å². The van der Waals surface area contributed by atoms with E-state index in [-0.39, 0.29) is 36.7 Å². The van der Waals surface area contributed by atoms with E-state index in [4.69, 9.17) is 23.7 Å². The van der Waals surface area contributed by atoms with Crippen LogP contribution in [0.2, 0.25) is 0 Å². The largest absolute Gasteiger partial charge is 0.458 e. The Hall–Kier alpha value is -3.83. The minimum atomic E-state index is -1.44. The summed E-state index contributed by atoms with van der Waals surface area (Å²) >= 11 is 0. The van der Waals surface area contributed by atoms with Crippen molar-refractivity contribution >= 4 is 40.6 Å². The molecule has 352 valence electrons. The number of rotatable bonds is 26. The van der Waals surface area contributed by atoms with Gasteiger partial charge in [0.05, 0.1) is 36.3 Å². The van der Waals surface area contributed by atoms with E-state index in [1.807, 2.05) is 89.4 Å². The summed E-state index contributed by atoms with van der Waals surface area (Å²) in [6.45, 7) is 17.6. The number of aliphatic hydroxyl groups excluding tert-OH is 1. The molecule has 2 aliphatic rings. The number of carbonyl (C=O) groups is 4. The van der Waals surface area contributed by atoms with Gasteiger partial charge in [-0.1, -0.05) is 65.0 Å². The maximum atomic E-state index is 14.4. The number of ether oxygens (including phenoxy) is 5. The molecule has 12 unspecified atom stereocenters. The molecule has 3 N–H and O–H groups in total. The van der Waals surface area contributed by atoms with E-state index in [0.29, 0.717) is 39.0 Å². The number of para-hydroxylation sites is 1. The van der Waals surface area contributed by atoms with Crippen LogP contribution in [-0.2, 0) is 38.1 Å². The smallest absolute Gasteiger partial charge is 0.408 e. The fourth-order valence-electron chi connectivity index (χ4n) is 8.62. The van der Waals surface area contributed by atoms with E-state index in [9.17, 15) is 24.3 Å². The van der Waals surface area contributed by atoms with Gasteiger partial charge < -0.3 is 49.2 Å². The van der Waals surface area contributed by atoms with Crippen molar-refractivity contribution in [2.75, 3.05) is 60.5 Å². The normalized spacial score (nSPS) is 25.7. The summed E-state index contributed by atoms with van der Waals surface area (Å²) in [5.41, 5.74) is 0.453. The van der Waals surface area contributed by atoms with Gasteiger partial charge in [0.15, 0.2) is 17.7 Å². The van der Waals surface area contributed by atoms with Crippen molar-refractivity contribution in [3.8, 4) is 0 Å². The molecular formula is C48H75N5O10. The molecule has 2 saturated heterocycles. The van der Waals surface area contributed by atoms with Gasteiger partial charge in [0.25, 0.3) is 0 Å². The fourth-order valence-corrected chi connectivity index (χ4v) is 8.62. The lowest BCUT2D eigenvalue weighted by Gasteiger charge is -2.42. The first-order chi connectivity index (χ1) is 29.9. The number of hydrogen-bond acceptors (Lipinski definition) is 14. The Morgan fingerprint density at radius 1 is 1.10 bits per heavy atom. The predicted octanol–water partition coefficient (Wildman–Crippen LogP) is 5.27. The Morgan fingerprint density at radius 3 is 2.51 bits per heavy atom. The molecule has 2 aliphatic heterocycles. The summed E-state index contributed by atoms with van der Waals surface area (Å²) < 4.78 is 30.2. The number of likely N-dealkylation sites (N-methyl/N-ethyl adjacent to an activating group) is 2. The summed E-state index contributed by atoms with van der Waals surface area (Å²) in [6.07, 6.45) is 3.08. The average molecular weight is 882 g/mol. The summed E-state index contributed by atoms with van der Waals surface area (Å²) in [5, 5.41) is 18.4. The van der Waals surface area contributed by atoms with Gasteiger partial charge >= 0.3 is 12.1 Å². The second-order valence-corrected chi connectivity index (χ2v) is 17.8. The summed E-state index contributed by atoms with van der Waals surface area (Å²) in [7, 11) is 5.80. The van der Waals surface area contributed by atoms with Crippen molar-refractivity contribution in [3.05, 3.63) is 48.2 Å². The van der Waals surface area contributed by atoms with Crippen molar-refractivity contribution in [2.24, 2.45) is 23.7 Å². The number of amides is 1. The van der Waals surface area contributed by atoms with Crippen LogP contribution < -0.4 is 10.6 Å². The van der Waals surface area contributed by atoms with Gasteiger partial charge in [-0.2, -0.15) is 0 Å². The highest BCUT2D eigenvalue weighted by atomic mass is 16.7. The highest BCUT2D eigenvalue weighted by Crippen LogP contribution is 2.36. The second-order valence-electron chi connectivity index (χ2n) is 17.8. The van der Waals surface area contributed by atoms with Crippen LogP contribution in [0.1, 0.15) is 86.6 Å². The zero-order valence-electron chi connectivity index (χ0n) is 39.5. The highest BCUT2D eigenvalue weighted by Gasteiger charge is 2.57. The number of carbonyl (C=O) groups excluding carboxylic acids is 4. The number of pyridine rings is 1. The number of nitrogens with one attached hydrogen (secondary N) is 2. The fraction of sp³-hybridized carbons (Fsp3) is 0.688. The first kappa shape index (κ1) is 51.8. The number of hydrogen-bond donors (Lipinski definition) is 3. The van der Waals surface area contributed by atoms with Crippen molar-refractivity contribution < 1.29 is 48.0 Å². The summed E-state index contributed by atoms with van der Waals surface area (Å²) in [4.78, 5) is 63.9. The molecule has 63 heavy (non-hydrogen) atoms. The Balaban J connectivity index is 1.43. The van der Waals surface area contributed by atoms with Gasteiger partial charge in [-0.05, 0) is 91.8 Å². The van der Waals surface area contributed by atoms with E-state index in [2.05, 4.69) is 33.5 Å². The van der Waals surface area contributed by atoms with Crippen LogP contribution in [0.5, 0.6) is 0 Å². The van der Waals surface area contributed by atoms with Crippen molar-refractivity contribution in [3.63, 3.8) is 0 Å². The molecule has 2 aromatic rings. The molecule has 0 bridgehead atoms. The van der Waals surface area contributed by atoms with E-state index < -0.39 is 72.0 Å². The molecule has 0 saturated carbocycles.